The molecule has 33 heavy (non-hydrogen) atoms. The number of esters is 1. The standard InChI is InChI=1S/C24H20Cl2N2O3S2/c1-4-31-23(30)20-13(2)27-24-28(21(20)14-6-9-17(32-3)10-7-14)22(29)19(33-24)11-15-5-8-16(25)12-18(15)26/h5-12,21H,4H2,1-3H3/b19-11-/t21-/m0/s1. The number of ether oxygens (including phenoxy) is 1. The number of allylic oxidation sites excluding steroid dienone is 1. The third kappa shape index (κ3) is 4.68. The lowest BCUT2D eigenvalue weighted by atomic mass is 9.96. The Kier molecular flexibility index (Phi) is 7.14. The van der Waals surface area contributed by atoms with E-state index >= 15 is 0 Å². The van der Waals surface area contributed by atoms with Gasteiger partial charge in [-0.1, -0.05) is 52.7 Å². The average Bonchev–Trinajstić information content (AvgIpc) is 3.09. The van der Waals surface area contributed by atoms with Crippen molar-refractivity contribution >= 4 is 58.3 Å². The molecule has 4 rings (SSSR count). The Labute approximate surface area is 209 Å². The second-order valence-electron chi connectivity index (χ2n) is 7.24. The summed E-state index contributed by atoms with van der Waals surface area (Å²) in [6.45, 7) is 3.75. The highest BCUT2D eigenvalue weighted by Crippen LogP contribution is 2.31. The van der Waals surface area contributed by atoms with Crippen LogP contribution in [0.15, 0.2) is 68.4 Å². The molecule has 1 atom stereocenters. The van der Waals surface area contributed by atoms with E-state index in [4.69, 9.17) is 27.9 Å². The van der Waals surface area contributed by atoms with Crippen molar-refractivity contribution in [1.82, 2.24) is 4.57 Å². The SMILES string of the molecule is CCOC(=O)C1=C(C)N=c2s/c(=C\c3ccc(Cl)cc3Cl)c(=O)n2[C@H]1c1ccc(SC)cc1. The highest BCUT2D eigenvalue weighted by atomic mass is 35.5. The monoisotopic (exact) mass is 518 g/mol. The van der Waals surface area contributed by atoms with Crippen LogP contribution in [0.4, 0.5) is 0 Å². The van der Waals surface area contributed by atoms with Crippen LogP contribution < -0.4 is 14.9 Å². The first-order valence-electron chi connectivity index (χ1n) is 10.1. The van der Waals surface area contributed by atoms with E-state index in [-0.39, 0.29) is 12.2 Å². The fraction of sp³-hybridized carbons (Fsp3) is 0.208. The summed E-state index contributed by atoms with van der Waals surface area (Å²) in [5, 5.41) is 0.961. The molecule has 1 aliphatic rings. The first kappa shape index (κ1) is 23.8. The minimum Gasteiger partial charge on any atom is -0.463 e. The molecular formula is C24H20Cl2N2O3S2. The normalized spacial score (nSPS) is 15.9. The van der Waals surface area contributed by atoms with E-state index in [1.807, 2.05) is 30.5 Å². The summed E-state index contributed by atoms with van der Waals surface area (Å²) in [6, 6.07) is 12.3. The van der Waals surface area contributed by atoms with Crippen LogP contribution in [-0.2, 0) is 9.53 Å². The molecule has 1 aromatic heterocycles. The molecule has 0 saturated carbocycles. The molecule has 0 radical (unpaired) electrons. The van der Waals surface area contributed by atoms with E-state index in [1.165, 1.54) is 11.3 Å². The zero-order valence-corrected chi connectivity index (χ0v) is 21.2. The summed E-state index contributed by atoms with van der Waals surface area (Å²) < 4.78 is 7.35. The van der Waals surface area contributed by atoms with Crippen LogP contribution in [0.2, 0.25) is 10.0 Å². The van der Waals surface area contributed by atoms with Gasteiger partial charge < -0.3 is 4.74 Å². The molecule has 0 N–H and O–H groups in total. The Bertz CT molecular complexity index is 1440. The third-order valence-electron chi connectivity index (χ3n) is 5.20. The Morgan fingerprint density at radius 1 is 1.24 bits per heavy atom. The molecule has 0 unspecified atom stereocenters. The summed E-state index contributed by atoms with van der Waals surface area (Å²) in [5.74, 6) is -0.479. The van der Waals surface area contributed by atoms with Crippen LogP contribution in [-0.4, -0.2) is 23.4 Å². The minimum absolute atomic E-state index is 0.229. The molecule has 170 valence electrons. The fourth-order valence-corrected chi connectivity index (χ4v) is 5.56. The van der Waals surface area contributed by atoms with Gasteiger partial charge in [0.2, 0.25) is 0 Å². The summed E-state index contributed by atoms with van der Waals surface area (Å²) in [5.41, 5.74) is 2.12. The zero-order chi connectivity index (χ0) is 23.7. The fourth-order valence-electron chi connectivity index (χ4n) is 3.65. The minimum atomic E-state index is -0.640. The molecular weight excluding hydrogens is 499 g/mol. The molecule has 2 aromatic carbocycles. The van der Waals surface area contributed by atoms with Crippen molar-refractivity contribution in [1.29, 1.82) is 0 Å². The molecule has 3 aromatic rings. The first-order valence-corrected chi connectivity index (χ1v) is 12.9. The molecule has 2 heterocycles. The Morgan fingerprint density at radius 3 is 2.61 bits per heavy atom. The van der Waals surface area contributed by atoms with Crippen LogP contribution in [0.5, 0.6) is 0 Å². The van der Waals surface area contributed by atoms with Crippen molar-refractivity contribution in [3.8, 4) is 0 Å². The van der Waals surface area contributed by atoms with Crippen molar-refractivity contribution < 1.29 is 9.53 Å². The molecule has 0 spiro atoms. The average molecular weight is 519 g/mol. The highest BCUT2D eigenvalue weighted by Gasteiger charge is 2.33. The summed E-state index contributed by atoms with van der Waals surface area (Å²) in [6.07, 6.45) is 3.72. The van der Waals surface area contributed by atoms with Gasteiger partial charge in [0, 0.05) is 14.9 Å². The number of rotatable bonds is 5. The quantitative estimate of drug-likeness (QED) is 0.358. The van der Waals surface area contributed by atoms with Gasteiger partial charge in [-0.05, 0) is 61.6 Å². The number of thiazole rings is 1. The van der Waals surface area contributed by atoms with Crippen molar-refractivity contribution in [2.24, 2.45) is 4.99 Å². The van der Waals surface area contributed by atoms with Gasteiger partial charge in [-0.25, -0.2) is 9.79 Å². The molecule has 0 bridgehead atoms. The maximum atomic E-state index is 13.6. The van der Waals surface area contributed by atoms with Crippen LogP contribution >= 0.6 is 46.3 Å². The number of aromatic nitrogens is 1. The van der Waals surface area contributed by atoms with Gasteiger partial charge in [0.15, 0.2) is 4.80 Å². The number of halogens is 2. The number of thioether (sulfide) groups is 1. The van der Waals surface area contributed by atoms with Gasteiger partial charge in [0.05, 0.1) is 28.5 Å². The van der Waals surface area contributed by atoms with E-state index in [0.29, 0.717) is 36.2 Å². The van der Waals surface area contributed by atoms with Crippen LogP contribution in [0, 0.1) is 0 Å². The number of fused-ring (bicyclic) bond motifs is 1. The number of nitrogens with zero attached hydrogens (tertiary/aromatic N) is 2. The Morgan fingerprint density at radius 2 is 1.97 bits per heavy atom. The summed E-state index contributed by atoms with van der Waals surface area (Å²) >= 11 is 15.2. The predicted octanol–water partition coefficient (Wildman–Crippen LogP) is 4.83. The maximum Gasteiger partial charge on any atom is 0.338 e. The molecule has 1 aliphatic heterocycles. The van der Waals surface area contributed by atoms with Gasteiger partial charge in [-0.15, -0.1) is 11.8 Å². The highest BCUT2D eigenvalue weighted by molar-refractivity contribution is 7.98. The molecule has 9 heteroatoms. The first-order chi connectivity index (χ1) is 15.8. The van der Waals surface area contributed by atoms with Gasteiger partial charge in [0.1, 0.15) is 0 Å². The second-order valence-corrected chi connectivity index (χ2v) is 9.97. The predicted molar refractivity (Wildman–Crippen MR) is 135 cm³/mol. The largest absolute Gasteiger partial charge is 0.463 e. The number of hydrogen-bond donors (Lipinski definition) is 0. The number of carbonyl (C=O) groups excluding carboxylic acids is 1. The molecule has 0 aliphatic carbocycles. The van der Waals surface area contributed by atoms with Gasteiger partial charge in [-0.3, -0.25) is 9.36 Å². The number of hydrogen-bond acceptors (Lipinski definition) is 6. The molecule has 0 amide bonds. The molecule has 5 nitrogen and oxygen atoms in total. The lowest BCUT2D eigenvalue weighted by molar-refractivity contribution is -0.139. The Hall–Kier alpha value is -2.32. The molecule has 0 fully saturated rings. The van der Waals surface area contributed by atoms with Crippen molar-refractivity contribution in [2.45, 2.75) is 24.8 Å². The van der Waals surface area contributed by atoms with Crippen LogP contribution in [0.1, 0.15) is 31.0 Å². The van der Waals surface area contributed by atoms with E-state index < -0.39 is 12.0 Å². The van der Waals surface area contributed by atoms with Gasteiger partial charge in [0.25, 0.3) is 5.56 Å². The van der Waals surface area contributed by atoms with Crippen molar-refractivity contribution in [2.75, 3.05) is 12.9 Å². The van der Waals surface area contributed by atoms with Gasteiger partial charge >= 0.3 is 5.97 Å². The van der Waals surface area contributed by atoms with Crippen molar-refractivity contribution in [3.05, 3.63) is 94.6 Å². The molecule has 0 saturated heterocycles. The summed E-state index contributed by atoms with van der Waals surface area (Å²) in [7, 11) is 0. The van der Waals surface area contributed by atoms with E-state index in [1.54, 1.807) is 54.5 Å². The smallest absolute Gasteiger partial charge is 0.338 e. The topological polar surface area (TPSA) is 60.7 Å². The van der Waals surface area contributed by atoms with Gasteiger partial charge in [-0.2, -0.15) is 0 Å². The van der Waals surface area contributed by atoms with E-state index in [2.05, 4.69) is 4.99 Å². The lowest BCUT2D eigenvalue weighted by Crippen LogP contribution is -2.39. The van der Waals surface area contributed by atoms with E-state index in [9.17, 15) is 9.59 Å². The third-order valence-corrected chi connectivity index (χ3v) is 7.49. The number of carbonyl (C=O) groups is 1. The summed E-state index contributed by atoms with van der Waals surface area (Å²) in [4.78, 5) is 32.7. The maximum absolute atomic E-state index is 13.6. The zero-order valence-electron chi connectivity index (χ0n) is 18.1. The van der Waals surface area contributed by atoms with E-state index in [0.717, 1.165) is 10.5 Å². The van der Waals surface area contributed by atoms with Crippen LogP contribution in [0.25, 0.3) is 6.08 Å². The van der Waals surface area contributed by atoms with Crippen LogP contribution in [0.3, 0.4) is 0 Å². The van der Waals surface area contributed by atoms with Crippen molar-refractivity contribution in [3.63, 3.8) is 0 Å². The number of benzene rings is 2. The second kappa shape index (κ2) is 9.89. The Balaban J connectivity index is 1.95. The lowest BCUT2D eigenvalue weighted by Gasteiger charge is -2.24.